The molecule has 0 spiro atoms. The van der Waals surface area contributed by atoms with E-state index in [4.69, 9.17) is 16.6 Å². The number of para-hydroxylation sites is 1. The van der Waals surface area contributed by atoms with E-state index in [1.54, 1.807) is 36.2 Å². The Labute approximate surface area is 163 Å². The van der Waals surface area contributed by atoms with Crippen LogP contribution in [0.1, 0.15) is 53.0 Å². The summed E-state index contributed by atoms with van der Waals surface area (Å²) in [5.74, 6) is -0.375. The second kappa shape index (κ2) is 8.81. The minimum absolute atomic E-state index is 0.121. The van der Waals surface area contributed by atoms with Gasteiger partial charge in [0.15, 0.2) is 10.9 Å². The van der Waals surface area contributed by atoms with Gasteiger partial charge in [0.25, 0.3) is 11.8 Å². The monoisotopic (exact) mass is 385 g/mol. The number of carbonyl (C=O) groups is 2. The van der Waals surface area contributed by atoms with Crippen molar-refractivity contribution in [3.8, 4) is 0 Å². The Hall–Kier alpha value is -2.67. The molecule has 0 atom stereocenters. The van der Waals surface area contributed by atoms with Crippen molar-refractivity contribution in [2.75, 3.05) is 11.9 Å². The van der Waals surface area contributed by atoms with Gasteiger partial charge in [-0.2, -0.15) is 0 Å². The van der Waals surface area contributed by atoms with Gasteiger partial charge < -0.3 is 14.6 Å². The Morgan fingerprint density at radius 3 is 2.52 bits per heavy atom. The maximum absolute atomic E-state index is 12.8. The highest BCUT2D eigenvalue weighted by Crippen LogP contribution is 2.22. The Morgan fingerprint density at radius 2 is 1.81 bits per heavy atom. The number of hydrogen-bond donors (Lipinski definition) is 2. The van der Waals surface area contributed by atoms with E-state index < -0.39 is 5.91 Å². The number of anilines is 1. The van der Waals surface area contributed by atoms with Crippen LogP contribution in [0.3, 0.4) is 0 Å². The Bertz CT molecular complexity index is 814. The molecule has 27 heavy (non-hydrogen) atoms. The van der Waals surface area contributed by atoms with Crippen LogP contribution in [0.25, 0.3) is 0 Å². The van der Waals surface area contributed by atoms with Crippen molar-refractivity contribution in [3.05, 3.63) is 54.0 Å². The van der Waals surface area contributed by atoms with E-state index >= 15 is 0 Å². The summed E-state index contributed by atoms with van der Waals surface area (Å²) < 4.78 is 5.07. The standard InChI is InChI=1S/C20H23N3O3S/c1-23(20(27)22-19(25)17-12-7-13-26-17)16-11-6-5-10-15(16)18(24)21-14-8-3-2-4-9-14/h5-7,10-14H,2-4,8-9H2,1H3,(H,21,24)(H,22,25,27). The number of benzene rings is 1. The van der Waals surface area contributed by atoms with Crippen molar-refractivity contribution in [1.29, 1.82) is 0 Å². The third-order valence-corrected chi connectivity index (χ3v) is 5.10. The largest absolute Gasteiger partial charge is 0.459 e. The van der Waals surface area contributed by atoms with Crippen LogP contribution in [0.4, 0.5) is 5.69 Å². The lowest BCUT2D eigenvalue weighted by Crippen LogP contribution is -2.42. The van der Waals surface area contributed by atoms with Crippen molar-refractivity contribution in [2.24, 2.45) is 0 Å². The second-order valence-corrected chi connectivity index (χ2v) is 7.01. The molecule has 0 bridgehead atoms. The number of nitrogens with zero attached hydrogens (tertiary/aromatic N) is 1. The SMILES string of the molecule is CN(C(=S)NC(=O)c1ccco1)c1ccccc1C(=O)NC1CCCCC1. The highest BCUT2D eigenvalue weighted by molar-refractivity contribution is 7.80. The summed E-state index contributed by atoms with van der Waals surface area (Å²) in [5.41, 5.74) is 1.16. The molecule has 142 valence electrons. The fraction of sp³-hybridized carbons (Fsp3) is 0.350. The van der Waals surface area contributed by atoms with Gasteiger partial charge in [0.1, 0.15) is 0 Å². The number of amides is 2. The predicted molar refractivity (Wildman–Crippen MR) is 108 cm³/mol. The van der Waals surface area contributed by atoms with Crippen LogP contribution in [0, 0.1) is 0 Å². The lowest BCUT2D eigenvalue weighted by Gasteiger charge is -2.25. The zero-order valence-electron chi connectivity index (χ0n) is 15.2. The van der Waals surface area contributed by atoms with Crippen molar-refractivity contribution >= 4 is 34.8 Å². The highest BCUT2D eigenvalue weighted by atomic mass is 32.1. The summed E-state index contributed by atoms with van der Waals surface area (Å²) >= 11 is 5.34. The zero-order chi connectivity index (χ0) is 19.2. The molecule has 2 amide bonds. The molecule has 2 aromatic rings. The molecular formula is C20H23N3O3S. The first-order chi connectivity index (χ1) is 13.1. The van der Waals surface area contributed by atoms with Gasteiger partial charge >= 0.3 is 0 Å². The number of thiocarbonyl (C=S) groups is 1. The average Bonchev–Trinajstić information content (AvgIpc) is 3.23. The number of hydrogen-bond acceptors (Lipinski definition) is 4. The van der Waals surface area contributed by atoms with Crippen LogP contribution >= 0.6 is 12.2 Å². The van der Waals surface area contributed by atoms with Gasteiger partial charge in [-0.3, -0.25) is 14.9 Å². The van der Waals surface area contributed by atoms with Gasteiger partial charge in [-0.1, -0.05) is 31.4 Å². The summed E-state index contributed by atoms with van der Waals surface area (Å²) in [5, 5.41) is 5.93. The van der Waals surface area contributed by atoms with Gasteiger partial charge in [-0.25, -0.2) is 0 Å². The summed E-state index contributed by atoms with van der Waals surface area (Å²) in [6, 6.07) is 10.6. The molecule has 1 aliphatic carbocycles. The fourth-order valence-corrected chi connectivity index (χ4v) is 3.42. The molecule has 0 unspecified atom stereocenters. The smallest absolute Gasteiger partial charge is 0.293 e. The molecule has 0 aliphatic heterocycles. The molecule has 3 rings (SSSR count). The molecule has 1 aromatic heterocycles. The maximum atomic E-state index is 12.8. The molecule has 7 heteroatoms. The summed E-state index contributed by atoms with van der Waals surface area (Å²) in [4.78, 5) is 26.5. The third-order valence-electron chi connectivity index (χ3n) is 4.72. The minimum Gasteiger partial charge on any atom is -0.459 e. The van der Waals surface area contributed by atoms with E-state index in [2.05, 4.69) is 10.6 Å². The Morgan fingerprint density at radius 1 is 1.07 bits per heavy atom. The summed E-state index contributed by atoms with van der Waals surface area (Å²) in [7, 11) is 1.72. The Kier molecular flexibility index (Phi) is 6.24. The molecule has 0 radical (unpaired) electrons. The van der Waals surface area contributed by atoms with Crippen molar-refractivity contribution in [2.45, 2.75) is 38.1 Å². The molecule has 1 heterocycles. The van der Waals surface area contributed by atoms with Gasteiger partial charge in [0.05, 0.1) is 17.5 Å². The summed E-state index contributed by atoms with van der Waals surface area (Å²) in [6.07, 6.45) is 6.98. The molecule has 1 fully saturated rings. The lowest BCUT2D eigenvalue weighted by molar-refractivity contribution is 0.0926. The van der Waals surface area contributed by atoms with Crippen molar-refractivity contribution in [1.82, 2.24) is 10.6 Å². The molecular weight excluding hydrogens is 362 g/mol. The van der Waals surface area contributed by atoms with Crippen LogP contribution in [-0.2, 0) is 0 Å². The van der Waals surface area contributed by atoms with Crippen molar-refractivity contribution < 1.29 is 14.0 Å². The summed E-state index contributed by atoms with van der Waals surface area (Å²) in [6.45, 7) is 0. The lowest BCUT2D eigenvalue weighted by atomic mass is 9.95. The topological polar surface area (TPSA) is 74.6 Å². The molecule has 1 aromatic carbocycles. The van der Waals surface area contributed by atoms with E-state index in [0.717, 1.165) is 25.7 Å². The van der Waals surface area contributed by atoms with E-state index in [9.17, 15) is 9.59 Å². The van der Waals surface area contributed by atoms with E-state index in [1.165, 1.54) is 12.7 Å². The molecule has 6 nitrogen and oxygen atoms in total. The Balaban J connectivity index is 1.70. The van der Waals surface area contributed by atoms with Crippen LogP contribution in [0.15, 0.2) is 47.1 Å². The first kappa shape index (κ1) is 19.1. The minimum atomic E-state index is -0.430. The first-order valence-electron chi connectivity index (χ1n) is 9.08. The van der Waals surface area contributed by atoms with Crippen molar-refractivity contribution in [3.63, 3.8) is 0 Å². The predicted octanol–water partition coefficient (Wildman–Crippen LogP) is 3.49. The van der Waals surface area contributed by atoms with Crippen LogP contribution in [-0.4, -0.2) is 30.0 Å². The molecule has 1 saturated carbocycles. The number of carbonyl (C=O) groups excluding carboxylic acids is 2. The van der Waals surface area contributed by atoms with Crippen LogP contribution in [0.5, 0.6) is 0 Å². The molecule has 2 N–H and O–H groups in total. The first-order valence-corrected chi connectivity index (χ1v) is 9.49. The van der Waals surface area contributed by atoms with E-state index in [1.807, 2.05) is 12.1 Å². The molecule has 0 saturated heterocycles. The second-order valence-electron chi connectivity index (χ2n) is 6.62. The van der Waals surface area contributed by atoms with Gasteiger partial charge in [-0.15, -0.1) is 0 Å². The number of rotatable bonds is 4. The van der Waals surface area contributed by atoms with Gasteiger partial charge in [-0.05, 0) is 49.3 Å². The normalized spacial score (nSPS) is 14.4. The number of furan rings is 1. The zero-order valence-corrected chi connectivity index (χ0v) is 16.1. The maximum Gasteiger partial charge on any atom is 0.293 e. The van der Waals surface area contributed by atoms with E-state index in [-0.39, 0.29) is 22.8 Å². The van der Waals surface area contributed by atoms with Crippen LogP contribution < -0.4 is 15.5 Å². The molecule has 1 aliphatic rings. The quantitative estimate of drug-likeness (QED) is 0.788. The average molecular weight is 385 g/mol. The fourth-order valence-electron chi connectivity index (χ4n) is 3.23. The van der Waals surface area contributed by atoms with E-state index in [0.29, 0.717) is 11.3 Å². The van der Waals surface area contributed by atoms with Crippen LogP contribution in [0.2, 0.25) is 0 Å². The third kappa shape index (κ3) is 4.74. The highest BCUT2D eigenvalue weighted by Gasteiger charge is 2.21. The van der Waals surface area contributed by atoms with Gasteiger partial charge in [0.2, 0.25) is 0 Å². The van der Waals surface area contributed by atoms with Gasteiger partial charge in [0, 0.05) is 13.1 Å². The number of nitrogens with one attached hydrogen (secondary N) is 2.